The van der Waals surface area contributed by atoms with Crippen LogP contribution in [0.25, 0.3) is 0 Å². The minimum Gasteiger partial charge on any atom is -0.136 e. The van der Waals surface area contributed by atoms with Crippen molar-refractivity contribution in [2.24, 2.45) is 10.8 Å². The third kappa shape index (κ3) is 4.44. The molecule has 0 aromatic heterocycles. The van der Waals surface area contributed by atoms with Crippen molar-refractivity contribution in [3.63, 3.8) is 0 Å². The molecular formula is C13H26S2. The van der Waals surface area contributed by atoms with Crippen molar-refractivity contribution in [1.29, 1.82) is 0 Å². The Bertz CT molecular complexity index is 205. The summed E-state index contributed by atoms with van der Waals surface area (Å²) in [4.78, 5) is 0. The van der Waals surface area contributed by atoms with Crippen molar-refractivity contribution >= 4 is 29.0 Å². The number of thiocarbonyl (C=S) groups is 1. The Labute approximate surface area is 107 Å². The van der Waals surface area contributed by atoms with Crippen LogP contribution in [0.4, 0.5) is 0 Å². The minimum atomic E-state index is 0.0393. The number of hydrogen-bond acceptors (Lipinski definition) is 1. The first-order valence-electron chi connectivity index (χ1n) is 5.99. The molecule has 0 radical (unpaired) electrons. The van der Waals surface area contributed by atoms with E-state index >= 15 is 0 Å². The van der Waals surface area contributed by atoms with Crippen LogP contribution in [0, 0.1) is 10.8 Å². The molecule has 0 nitrogen and oxygen atoms in total. The van der Waals surface area contributed by atoms with Crippen molar-refractivity contribution < 1.29 is 0 Å². The van der Waals surface area contributed by atoms with Crippen molar-refractivity contribution in [3.05, 3.63) is 0 Å². The second-order valence-electron chi connectivity index (χ2n) is 5.62. The maximum Gasteiger partial charge on any atom is 0.0509 e. The number of thiol groups is 1. The van der Waals surface area contributed by atoms with E-state index < -0.39 is 0 Å². The van der Waals surface area contributed by atoms with Crippen LogP contribution in [0.5, 0.6) is 0 Å². The van der Waals surface area contributed by atoms with Gasteiger partial charge in [0.1, 0.15) is 0 Å². The molecule has 90 valence electrons. The van der Waals surface area contributed by atoms with Crippen molar-refractivity contribution in [3.8, 4) is 0 Å². The summed E-state index contributed by atoms with van der Waals surface area (Å²) in [7, 11) is 0. The second-order valence-corrected chi connectivity index (χ2v) is 6.78. The van der Waals surface area contributed by atoms with E-state index in [9.17, 15) is 0 Å². The first-order chi connectivity index (χ1) is 6.75. The molecular weight excluding hydrogens is 220 g/mol. The lowest BCUT2D eigenvalue weighted by Crippen LogP contribution is -2.36. The molecule has 0 aromatic carbocycles. The Hall–Kier alpha value is 0.440. The second kappa shape index (κ2) is 6.24. The quantitative estimate of drug-likeness (QED) is 0.363. The maximum absolute atomic E-state index is 5.25. The van der Waals surface area contributed by atoms with Crippen LogP contribution >= 0.6 is 24.8 Å². The van der Waals surface area contributed by atoms with E-state index in [1.807, 2.05) is 0 Å². The van der Waals surface area contributed by atoms with Gasteiger partial charge in [0.05, 0.1) is 4.20 Å². The lowest BCUT2D eigenvalue weighted by Gasteiger charge is -2.41. The van der Waals surface area contributed by atoms with Gasteiger partial charge < -0.3 is 0 Å². The Morgan fingerprint density at radius 3 is 2.00 bits per heavy atom. The molecule has 0 aromatic rings. The molecule has 2 heteroatoms. The van der Waals surface area contributed by atoms with Gasteiger partial charge in [-0.2, -0.15) is 0 Å². The highest BCUT2D eigenvalue weighted by Gasteiger charge is 2.38. The van der Waals surface area contributed by atoms with E-state index in [0.29, 0.717) is 0 Å². The Morgan fingerprint density at radius 1 is 1.07 bits per heavy atom. The topological polar surface area (TPSA) is 0 Å². The van der Waals surface area contributed by atoms with E-state index in [1.165, 1.54) is 32.1 Å². The normalized spacial score (nSPS) is 12.9. The summed E-state index contributed by atoms with van der Waals surface area (Å²) in [5.41, 5.74) is 0.289. The Kier molecular flexibility index (Phi) is 6.43. The Morgan fingerprint density at radius 2 is 1.60 bits per heavy atom. The van der Waals surface area contributed by atoms with Gasteiger partial charge in [-0.25, -0.2) is 0 Å². The highest BCUT2D eigenvalue weighted by molar-refractivity contribution is 8.11. The molecule has 15 heavy (non-hydrogen) atoms. The monoisotopic (exact) mass is 246 g/mol. The summed E-state index contributed by atoms with van der Waals surface area (Å²) >= 11 is 9.61. The van der Waals surface area contributed by atoms with Crippen LogP contribution in [0.15, 0.2) is 0 Å². The average molecular weight is 246 g/mol. The molecule has 0 N–H and O–H groups in total. The standard InChI is InChI=1S/C13H26S2/c1-6-7-8-9-10-12(2,3)13(4,5)11(14)15/h6-10H2,1-5H3,(H,14,15). The van der Waals surface area contributed by atoms with Gasteiger partial charge in [-0.1, -0.05) is 72.5 Å². The zero-order valence-corrected chi connectivity index (χ0v) is 12.6. The van der Waals surface area contributed by atoms with Crippen molar-refractivity contribution in [2.75, 3.05) is 0 Å². The third-order valence-corrected chi connectivity index (χ3v) is 4.95. The van der Waals surface area contributed by atoms with Gasteiger partial charge in [0.25, 0.3) is 0 Å². The van der Waals surface area contributed by atoms with E-state index in [0.717, 1.165) is 4.20 Å². The summed E-state index contributed by atoms with van der Waals surface area (Å²) in [5.74, 6) is 0. The zero-order valence-electron chi connectivity index (χ0n) is 10.9. The summed E-state index contributed by atoms with van der Waals surface area (Å²) in [5, 5.41) is 0. The molecule has 0 spiro atoms. The van der Waals surface area contributed by atoms with E-state index in [-0.39, 0.29) is 10.8 Å². The zero-order chi connectivity index (χ0) is 12.1. The predicted octanol–water partition coefficient (Wildman–Crippen LogP) is 5.27. The molecule has 0 fully saturated rings. The van der Waals surface area contributed by atoms with Crippen LogP contribution in [0.3, 0.4) is 0 Å². The molecule has 0 rings (SSSR count). The van der Waals surface area contributed by atoms with Crippen molar-refractivity contribution in [1.82, 2.24) is 0 Å². The fourth-order valence-corrected chi connectivity index (χ4v) is 2.17. The molecule has 0 aliphatic rings. The molecule has 0 aliphatic carbocycles. The summed E-state index contributed by atoms with van der Waals surface area (Å²) in [6, 6.07) is 0. The van der Waals surface area contributed by atoms with Crippen LogP contribution in [0.2, 0.25) is 0 Å². The lowest BCUT2D eigenvalue weighted by molar-refractivity contribution is 0.171. The van der Waals surface area contributed by atoms with E-state index in [1.54, 1.807) is 0 Å². The highest BCUT2D eigenvalue weighted by Crippen LogP contribution is 2.44. The summed E-state index contributed by atoms with van der Waals surface area (Å²) < 4.78 is 0.836. The molecule has 0 atom stereocenters. The van der Waals surface area contributed by atoms with Gasteiger partial charge in [-0.15, -0.1) is 12.6 Å². The van der Waals surface area contributed by atoms with Gasteiger partial charge in [0, 0.05) is 5.41 Å². The molecule has 0 unspecified atom stereocenters. The fourth-order valence-electron chi connectivity index (χ4n) is 1.60. The van der Waals surface area contributed by atoms with Crippen LogP contribution in [-0.2, 0) is 0 Å². The molecule has 0 aliphatic heterocycles. The van der Waals surface area contributed by atoms with Crippen LogP contribution < -0.4 is 0 Å². The maximum atomic E-state index is 5.25. The van der Waals surface area contributed by atoms with Gasteiger partial charge in [-0.05, 0) is 11.8 Å². The lowest BCUT2D eigenvalue weighted by atomic mass is 9.66. The predicted molar refractivity (Wildman–Crippen MR) is 77.9 cm³/mol. The third-order valence-electron chi connectivity index (χ3n) is 3.88. The summed E-state index contributed by atoms with van der Waals surface area (Å²) in [6.45, 7) is 11.3. The molecule has 0 heterocycles. The number of hydrogen-bond donors (Lipinski definition) is 1. The van der Waals surface area contributed by atoms with Gasteiger partial charge in [-0.3, -0.25) is 0 Å². The van der Waals surface area contributed by atoms with Crippen LogP contribution in [0.1, 0.15) is 66.7 Å². The molecule has 0 amide bonds. The van der Waals surface area contributed by atoms with Crippen LogP contribution in [-0.4, -0.2) is 4.20 Å². The average Bonchev–Trinajstić information content (AvgIpc) is 2.12. The number of rotatable bonds is 7. The first-order valence-corrected chi connectivity index (χ1v) is 6.84. The highest BCUT2D eigenvalue weighted by atomic mass is 32.1. The molecule has 0 bridgehead atoms. The smallest absolute Gasteiger partial charge is 0.0509 e. The Balaban J connectivity index is 4.22. The van der Waals surface area contributed by atoms with Gasteiger partial charge >= 0.3 is 0 Å². The van der Waals surface area contributed by atoms with Gasteiger partial charge in [0.2, 0.25) is 0 Å². The van der Waals surface area contributed by atoms with Crippen molar-refractivity contribution in [2.45, 2.75) is 66.7 Å². The summed E-state index contributed by atoms with van der Waals surface area (Å²) in [6.07, 6.45) is 6.54. The molecule has 0 saturated heterocycles. The van der Waals surface area contributed by atoms with Gasteiger partial charge in [0.15, 0.2) is 0 Å². The minimum absolute atomic E-state index is 0.0393. The largest absolute Gasteiger partial charge is 0.136 e. The molecule has 0 saturated carbocycles. The SMILES string of the molecule is CCCCCCC(C)(C)C(C)(C)C(=S)S. The number of unbranched alkanes of at least 4 members (excludes halogenated alkanes) is 3. The van der Waals surface area contributed by atoms with E-state index in [4.69, 9.17) is 12.2 Å². The fraction of sp³-hybridized carbons (Fsp3) is 0.923. The first kappa shape index (κ1) is 15.4. The van der Waals surface area contributed by atoms with E-state index in [2.05, 4.69) is 47.2 Å².